The molecular formula is C21H21N3O3. The number of carbonyl (C=O) groups is 1. The van der Waals surface area contributed by atoms with E-state index < -0.39 is 0 Å². The van der Waals surface area contributed by atoms with Gasteiger partial charge in [-0.1, -0.05) is 6.07 Å². The second-order valence-corrected chi connectivity index (χ2v) is 7.38. The Morgan fingerprint density at radius 3 is 3.19 bits per heavy atom. The van der Waals surface area contributed by atoms with Crippen molar-refractivity contribution >= 4 is 16.8 Å². The summed E-state index contributed by atoms with van der Waals surface area (Å²) in [5.41, 5.74) is 1.40. The monoisotopic (exact) mass is 363 g/mol. The lowest BCUT2D eigenvalue weighted by Gasteiger charge is -2.23. The van der Waals surface area contributed by atoms with E-state index in [1.54, 1.807) is 12.4 Å². The number of nitrogens with one attached hydrogen (secondary N) is 1. The summed E-state index contributed by atoms with van der Waals surface area (Å²) < 4.78 is 12.1. The smallest absolute Gasteiger partial charge is 0.254 e. The molecule has 5 rings (SSSR count). The third kappa shape index (κ3) is 3.06. The molecule has 0 radical (unpaired) electrons. The fourth-order valence-corrected chi connectivity index (χ4v) is 4.15. The number of pyridine rings is 1. The summed E-state index contributed by atoms with van der Waals surface area (Å²) in [5.74, 6) is 0.817. The maximum atomic E-state index is 12.9. The van der Waals surface area contributed by atoms with Crippen LogP contribution < -0.4 is 4.74 Å². The first-order chi connectivity index (χ1) is 13.2. The number of likely N-dealkylation sites (tertiary alicyclic amines) is 1. The van der Waals surface area contributed by atoms with Gasteiger partial charge in [0.2, 0.25) is 0 Å². The first-order valence-electron chi connectivity index (χ1n) is 9.28. The number of H-pyrrole nitrogens is 1. The lowest BCUT2D eigenvalue weighted by atomic mass is 9.98. The van der Waals surface area contributed by atoms with Crippen LogP contribution in [-0.4, -0.2) is 52.2 Å². The topological polar surface area (TPSA) is 67.5 Å². The van der Waals surface area contributed by atoms with E-state index in [0.29, 0.717) is 25.3 Å². The molecule has 6 heteroatoms. The molecule has 6 nitrogen and oxygen atoms in total. The van der Waals surface area contributed by atoms with Gasteiger partial charge in [-0.15, -0.1) is 0 Å². The maximum Gasteiger partial charge on any atom is 0.254 e. The van der Waals surface area contributed by atoms with Crippen LogP contribution in [0.5, 0.6) is 5.75 Å². The Hall–Kier alpha value is -2.86. The van der Waals surface area contributed by atoms with Crippen LogP contribution in [0, 0.1) is 0 Å². The summed E-state index contributed by atoms with van der Waals surface area (Å²) in [6, 6.07) is 11.6. The lowest BCUT2D eigenvalue weighted by molar-refractivity contribution is 0.00995. The van der Waals surface area contributed by atoms with Gasteiger partial charge in [0.05, 0.1) is 24.9 Å². The van der Waals surface area contributed by atoms with Gasteiger partial charge in [0, 0.05) is 36.4 Å². The summed E-state index contributed by atoms with van der Waals surface area (Å²) in [6.07, 6.45) is 6.96. The maximum absolute atomic E-state index is 12.9. The van der Waals surface area contributed by atoms with E-state index in [0.717, 1.165) is 29.5 Å². The fourth-order valence-electron chi connectivity index (χ4n) is 4.15. The van der Waals surface area contributed by atoms with E-state index in [1.165, 1.54) is 0 Å². The molecule has 27 heavy (non-hydrogen) atoms. The summed E-state index contributed by atoms with van der Waals surface area (Å²) >= 11 is 0. The van der Waals surface area contributed by atoms with Crippen molar-refractivity contribution in [2.45, 2.75) is 24.5 Å². The number of aromatic amines is 1. The lowest BCUT2D eigenvalue weighted by Crippen LogP contribution is -2.36. The van der Waals surface area contributed by atoms with Crippen molar-refractivity contribution in [3.8, 4) is 5.75 Å². The highest BCUT2D eigenvalue weighted by Crippen LogP contribution is 2.37. The molecule has 2 atom stereocenters. The summed E-state index contributed by atoms with van der Waals surface area (Å²) in [7, 11) is 0. The van der Waals surface area contributed by atoms with Crippen molar-refractivity contribution in [1.29, 1.82) is 0 Å². The number of rotatable bonds is 3. The Bertz CT molecular complexity index is 971. The average molecular weight is 363 g/mol. The predicted octanol–water partition coefficient (Wildman–Crippen LogP) is 3.02. The van der Waals surface area contributed by atoms with Gasteiger partial charge in [0.25, 0.3) is 5.91 Å². The second kappa shape index (κ2) is 6.39. The highest BCUT2D eigenvalue weighted by Gasteiger charge is 2.47. The van der Waals surface area contributed by atoms with E-state index in [1.807, 2.05) is 47.5 Å². The summed E-state index contributed by atoms with van der Waals surface area (Å²) in [5, 5.41) is 1.11. The number of carbonyl (C=O) groups excluding carboxylic acids is 1. The predicted molar refractivity (Wildman–Crippen MR) is 101 cm³/mol. The minimum Gasteiger partial charge on any atom is -0.486 e. The highest BCUT2D eigenvalue weighted by atomic mass is 16.6. The van der Waals surface area contributed by atoms with Crippen molar-refractivity contribution in [2.24, 2.45) is 0 Å². The fraction of sp³-hybridized carbons (Fsp3) is 0.333. The number of aromatic nitrogens is 2. The molecule has 3 aromatic rings. The van der Waals surface area contributed by atoms with Crippen LogP contribution in [0.2, 0.25) is 0 Å². The van der Waals surface area contributed by atoms with Gasteiger partial charge in [0.1, 0.15) is 11.9 Å². The summed E-state index contributed by atoms with van der Waals surface area (Å²) in [6.45, 7) is 1.87. The number of hydrogen-bond acceptors (Lipinski definition) is 4. The quantitative estimate of drug-likeness (QED) is 0.777. The van der Waals surface area contributed by atoms with Crippen molar-refractivity contribution in [1.82, 2.24) is 14.9 Å². The van der Waals surface area contributed by atoms with Crippen molar-refractivity contribution in [3.05, 3.63) is 60.6 Å². The van der Waals surface area contributed by atoms with Crippen LogP contribution in [0.4, 0.5) is 0 Å². The van der Waals surface area contributed by atoms with Gasteiger partial charge in [0.15, 0.2) is 0 Å². The molecule has 2 aromatic heterocycles. The molecule has 1 N–H and O–H groups in total. The third-order valence-corrected chi connectivity index (χ3v) is 5.52. The number of hydrogen-bond donors (Lipinski definition) is 1. The van der Waals surface area contributed by atoms with Crippen LogP contribution >= 0.6 is 0 Å². The number of fused-ring (bicyclic) bond motifs is 1. The van der Waals surface area contributed by atoms with Crippen LogP contribution in [0.3, 0.4) is 0 Å². The Balaban J connectivity index is 1.26. The average Bonchev–Trinajstić information content (AvgIpc) is 3.42. The molecule has 0 saturated carbocycles. The Labute approximate surface area is 157 Å². The van der Waals surface area contributed by atoms with Gasteiger partial charge in [-0.25, -0.2) is 0 Å². The SMILES string of the molecule is O=C(c1ccc2cc[nH]c2c1)N1CC[C@@]2(C[C@@H](Oc3cccnc3)CO2)C1. The molecule has 1 spiro atoms. The largest absolute Gasteiger partial charge is 0.486 e. The van der Waals surface area contributed by atoms with Gasteiger partial charge in [-0.2, -0.15) is 0 Å². The second-order valence-electron chi connectivity index (χ2n) is 7.38. The van der Waals surface area contributed by atoms with Crippen LogP contribution in [0.15, 0.2) is 55.0 Å². The normalized spacial score (nSPS) is 24.7. The molecule has 138 valence electrons. The zero-order valence-electron chi connectivity index (χ0n) is 14.9. The molecule has 2 aliphatic heterocycles. The molecule has 4 heterocycles. The Morgan fingerprint density at radius 2 is 2.30 bits per heavy atom. The number of amides is 1. The molecule has 1 aromatic carbocycles. The summed E-state index contributed by atoms with van der Waals surface area (Å²) in [4.78, 5) is 22.1. The zero-order valence-corrected chi connectivity index (χ0v) is 14.9. The van der Waals surface area contributed by atoms with Crippen molar-refractivity contribution < 1.29 is 14.3 Å². The van der Waals surface area contributed by atoms with E-state index in [-0.39, 0.29) is 17.6 Å². The zero-order chi connectivity index (χ0) is 18.3. The van der Waals surface area contributed by atoms with E-state index in [4.69, 9.17) is 9.47 Å². The molecule has 0 unspecified atom stereocenters. The van der Waals surface area contributed by atoms with Crippen LogP contribution in [0.25, 0.3) is 10.9 Å². The van der Waals surface area contributed by atoms with E-state index >= 15 is 0 Å². The molecule has 1 amide bonds. The highest BCUT2D eigenvalue weighted by molar-refractivity contribution is 5.98. The van der Waals surface area contributed by atoms with E-state index in [2.05, 4.69) is 9.97 Å². The molecule has 0 aliphatic carbocycles. The standard InChI is InChI=1S/C21H21N3O3/c25-20(16-4-3-15-5-8-23-19(15)10-16)24-9-6-21(14-24)11-18(13-26-21)27-17-2-1-7-22-12-17/h1-5,7-8,10,12,18,23H,6,9,11,13-14H2/t18-,21-/m1/s1. The Kier molecular flexibility index (Phi) is 3.86. The van der Waals surface area contributed by atoms with Crippen molar-refractivity contribution in [2.75, 3.05) is 19.7 Å². The van der Waals surface area contributed by atoms with Gasteiger partial charge in [-0.05, 0) is 42.1 Å². The third-order valence-electron chi connectivity index (χ3n) is 5.52. The number of benzene rings is 1. The Morgan fingerprint density at radius 1 is 1.33 bits per heavy atom. The van der Waals surface area contributed by atoms with Gasteiger partial charge in [-0.3, -0.25) is 9.78 Å². The minimum atomic E-state index is -0.293. The molecule has 2 aliphatic rings. The molecular weight excluding hydrogens is 342 g/mol. The van der Waals surface area contributed by atoms with Gasteiger partial charge >= 0.3 is 0 Å². The number of ether oxygens (including phenoxy) is 2. The van der Waals surface area contributed by atoms with Crippen molar-refractivity contribution in [3.63, 3.8) is 0 Å². The molecule has 0 bridgehead atoms. The minimum absolute atomic E-state index is 0.000444. The van der Waals surface area contributed by atoms with E-state index in [9.17, 15) is 4.79 Å². The van der Waals surface area contributed by atoms with Gasteiger partial charge < -0.3 is 19.4 Å². The number of nitrogens with zero attached hydrogens (tertiary/aromatic N) is 2. The first-order valence-corrected chi connectivity index (χ1v) is 9.28. The first kappa shape index (κ1) is 16.3. The molecule has 2 saturated heterocycles. The molecule has 2 fully saturated rings. The van der Waals surface area contributed by atoms with Crippen LogP contribution in [0.1, 0.15) is 23.2 Å². The van der Waals surface area contributed by atoms with Crippen LogP contribution in [-0.2, 0) is 4.74 Å².